The zero-order chi connectivity index (χ0) is 55.4. The predicted molar refractivity (Wildman–Crippen MR) is 278 cm³/mol. The Morgan fingerprint density at radius 3 is 1.55 bits per heavy atom. The molecule has 4 aliphatic heterocycles. The van der Waals surface area contributed by atoms with E-state index in [1.54, 1.807) is 59.4 Å². The molecule has 0 bridgehead atoms. The molecule has 4 aliphatic rings. The molecule has 0 aliphatic carbocycles. The summed E-state index contributed by atoms with van der Waals surface area (Å²) in [5.41, 5.74) is 1.63. The summed E-state index contributed by atoms with van der Waals surface area (Å²) in [6.45, 7) is 8.15. The number of fused-ring (bicyclic) bond motifs is 2. The van der Waals surface area contributed by atoms with E-state index in [-0.39, 0.29) is 83.1 Å². The second kappa shape index (κ2) is 21.7. The summed E-state index contributed by atoms with van der Waals surface area (Å²) in [6, 6.07) is 6.52. The first-order valence-corrected chi connectivity index (χ1v) is 26.6. The van der Waals surface area contributed by atoms with Crippen LogP contribution in [0.25, 0.3) is 22.1 Å². The maximum Gasteiger partial charge on any atom is 0.407 e. The number of carboxylic acid groups (broad SMARTS) is 1. The number of ether oxygens (including phenoxy) is 1. The van der Waals surface area contributed by atoms with Gasteiger partial charge in [-0.1, -0.05) is 33.8 Å². The van der Waals surface area contributed by atoms with Crippen LogP contribution in [-0.4, -0.2) is 104 Å². The normalized spacial score (nSPS) is 20.9. The van der Waals surface area contributed by atoms with E-state index in [1.165, 1.54) is 31.4 Å². The predicted octanol–water partition coefficient (Wildman–Crippen LogP) is 10.7. The van der Waals surface area contributed by atoms with Gasteiger partial charge < -0.3 is 50.0 Å². The second-order valence-corrected chi connectivity index (χ2v) is 21.6. The lowest BCUT2D eigenvalue weighted by Crippen LogP contribution is -2.51. The lowest BCUT2D eigenvalue weighted by Gasteiger charge is -2.36. The van der Waals surface area contributed by atoms with E-state index in [9.17, 15) is 33.1 Å². The highest BCUT2D eigenvalue weighted by atomic mass is 19.2. The first kappa shape index (κ1) is 53.9. The van der Waals surface area contributed by atoms with Gasteiger partial charge in [-0.05, 0) is 105 Å². The second-order valence-electron chi connectivity index (χ2n) is 21.6. The molecule has 4 fully saturated rings. The van der Waals surface area contributed by atoms with Crippen molar-refractivity contribution in [2.75, 3.05) is 43.1 Å². The number of nitrogens with zero attached hydrogens (tertiary/aromatic N) is 6. The summed E-state index contributed by atoms with van der Waals surface area (Å²) in [5.74, 6) is -5.51. The quantitative estimate of drug-likeness (QED) is 0.0695. The Kier molecular flexibility index (Phi) is 15.0. The number of anilines is 2. The highest BCUT2D eigenvalue weighted by molar-refractivity contribution is 5.87. The number of benzene rings is 4. The molecular weight excluding hydrogens is 1020 g/mol. The Labute approximate surface area is 445 Å². The molecule has 4 amide bonds. The van der Waals surface area contributed by atoms with Crippen molar-refractivity contribution < 1.29 is 55.4 Å². The van der Waals surface area contributed by atoms with Gasteiger partial charge in [0.15, 0.2) is 11.6 Å². The number of amides is 4. The Morgan fingerprint density at radius 2 is 1.09 bits per heavy atom. The van der Waals surface area contributed by atoms with Crippen molar-refractivity contribution in [2.24, 2.45) is 11.8 Å². The molecular formula is C56H62F6N10O6. The minimum atomic E-state index is -1.33. The van der Waals surface area contributed by atoms with Crippen LogP contribution in [0.4, 0.5) is 47.3 Å². The van der Waals surface area contributed by atoms with E-state index in [2.05, 4.69) is 20.6 Å². The molecule has 414 valence electrons. The van der Waals surface area contributed by atoms with Gasteiger partial charge in [0.05, 0.1) is 53.3 Å². The first-order valence-electron chi connectivity index (χ1n) is 26.6. The zero-order valence-electron chi connectivity index (χ0n) is 43.8. The highest BCUT2D eigenvalue weighted by Gasteiger charge is 2.43. The van der Waals surface area contributed by atoms with Crippen LogP contribution in [0, 0.1) is 46.7 Å². The topological polar surface area (TPSA) is 192 Å². The fraction of sp³-hybridized carbons (Fsp3) is 0.464. The van der Waals surface area contributed by atoms with Crippen LogP contribution in [0.1, 0.15) is 137 Å². The van der Waals surface area contributed by atoms with Gasteiger partial charge in [-0.25, -0.2) is 45.9 Å². The molecule has 22 heteroatoms. The van der Waals surface area contributed by atoms with Crippen molar-refractivity contribution in [1.29, 1.82) is 0 Å². The average Bonchev–Trinajstić information content (AvgIpc) is 4.29. The number of piperidine rings is 1. The van der Waals surface area contributed by atoms with E-state index in [0.717, 1.165) is 18.2 Å². The van der Waals surface area contributed by atoms with Gasteiger partial charge in [-0.15, -0.1) is 0 Å². The number of imidazole rings is 2. The van der Waals surface area contributed by atoms with Gasteiger partial charge in [-0.2, -0.15) is 0 Å². The number of methoxy groups -OCH3 is 1. The Hall–Kier alpha value is -7.52. The lowest BCUT2D eigenvalue weighted by atomic mass is 9.89. The molecule has 4 aromatic carbocycles. The molecule has 0 radical (unpaired) electrons. The fourth-order valence-electron chi connectivity index (χ4n) is 12.3. The van der Waals surface area contributed by atoms with Crippen molar-refractivity contribution in [3.63, 3.8) is 0 Å². The molecule has 6 aromatic rings. The molecule has 78 heavy (non-hydrogen) atoms. The summed E-state index contributed by atoms with van der Waals surface area (Å²) >= 11 is 0. The van der Waals surface area contributed by atoms with Crippen LogP contribution in [-0.2, 0) is 14.3 Å². The number of hydrogen-bond donors (Lipinski definition) is 5. The van der Waals surface area contributed by atoms with Gasteiger partial charge in [0.1, 0.15) is 52.7 Å². The van der Waals surface area contributed by atoms with Crippen LogP contribution in [0.15, 0.2) is 54.6 Å². The van der Waals surface area contributed by atoms with Gasteiger partial charge in [0, 0.05) is 61.2 Å². The number of alkyl carbamates (subject to hydrolysis) is 1. The number of likely N-dealkylation sites (tertiary alicyclic amines) is 2. The van der Waals surface area contributed by atoms with Crippen LogP contribution in [0.2, 0.25) is 0 Å². The summed E-state index contributed by atoms with van der Waals surface area (Å²) in [4.78, 5) is 74.0. The van der Waals surface area contributed by atoms with Crippen molar-refractivity contribution in [3.8, 4) is 0 Å². The molecule has 10 rings (SSSR count). The lowest BCUT2D eigenvalue weighted by molar-refractivity contribution is -0.136. The molecule has 5 N–H and O–H groups in total. The number of hydrogen-bond acceptors (Lipinski definition) is 9. The zero-order valence-corrected chi connectivity index (χ0v) is 43.8. The van der Waals surface area contributed by atoms with Crippen molar-refractivity contribution >= 4 is 57.4 Å². The van der Waals surface area contributed by atoms with Gasteiger partial charge in [-0.3, -0.25) is 9.59 Å². The monoisotopic (exact) mass is 1080 g/mol. The van der Waals surface area contributed by atoms with Gasteiger partial charge >= 0.3 is 12.2 Å². The molecule has 4 saturated heterocycles. The van der Waals surface area contributed by atoms with E-state index < -0.39 is 89.2 Å². The Morgan fingerprint density at radius 1 is 0.603 bits per heavy atom. The summed E-state index contributed by atoms with van der Waals surface area (Å²) < 4.78 is 101. The number of halogens is 6. The van der Waals surface area contributed by atoms with Crippen molar-refractivity contribution in [3.05, 3.63) is 118 Å². The first-order chi connectivity index (χ1) is 37.3. The molecule has 6 atom stereocenters. The van der Waals surface area contributed by atoms with E-state index in [4.69, 9.17) is 14.7 Å². The van der Waals surface area contributed by atoms with Crippen molar-refractivity contribution in [2.45, 2.75) is 121 Å². The number of carbonyl (C=O) groups excluding carboxylic acids is 3. The highest BCUT2D eigenvalue weighted by Crippen LogP contribution is 2.50. The molecule has 2 aromatic heterocycles. The summed E-state index contributed by atoms with van der Waals surface area (Å²) in [5, 5.41) is 14.5. The van der Waals surface area contributed by atoms with E-state index in [1.807, 2.05) is 0 Å². The molecule has 0 unspecified atom stereocenters. The number of rotatable bonds is 13. The van der Waals surface area contributed by atoms with Gasteiger partial charge in [0.25, 0.3) is 0 Å². The van der Waals surface area contributed by atoms with Crippen LogP contribution in [0.3, 0.4) is 0 Å². The third-order valence-electron chi connectivity index (χ3n) is 16.2. The molecule has 6 heterocycles. The minimum Gasteiger partial charge on any atom is -0.465 e. The van der Waals surface area contributed by atoms with E-state index >= 15 is 17.6 Å². The molecule has 16 nitrogen and oxygen atoms in total. The Balaban J connectivity index is 0.997. The summed E-state index contributed by atoms with van der Waals surface area (Å²) in [6.07, 6.45) is 1.29. The number of H-pyrrole nitrogens is 2. The standard InChI is InChI=1S/C56H62F6N10O6/c1-27(2)48(67-55(75)76)53(73)70-16-6-8-46(70)51-63-40-23-33(36(59)25-42(40)65-51)44-12-13-45(72(44)31-21-38(61)50(39(62)22-31)69-18-14-29(15-19-69)32-11-10-30(57)20-35(32)58)34-24-41-43(26-37(34)60)66-52(64-41)47-9-7-17-71(47)54(74)49(28(3)4)68-56(77)78-5/h10-11,20-29,44-49,67H,6-9,12-19H2,1-5H3,(H,63,65)(H,64,66)(H,68,77)(H,75,76)/t44-,45-,46+,47+,48+,49+/m1/s1. The van der Waals surface area contributed by atoms with Crippen molar-refractivity contribution in [1.82, 2.24) is 40.4 Å². The van der Waals surface area contributed by atoms with Crippen LogP contribution >= 0.6 is 0 Å². The third-order valence-corrected chi connectivity index (χ3v) is 16.2. The number of aromatic nitrogens is 4. The molecule has 0 saturated carbocycles. The largest absolute Gasteiger partial charge is 0.465 e. The molecule has 0 spiro atoms. The number of carbonyl (C=O) groups is 4. The number of nitrogens with one attached hydrogen (secondary N) is 4. The van der Waals surface area contributed by atoms with Gasteiger partial charge in [0.2, 0.25) is 11.8 Å². The van der Waals surface area contributed by atoms with Crippen LogP contribution in [0.5, 0.6) is 0 Å². The third kappa shape index (κ3) is 10.2. The fourth-order valence-corrected chi connectivity index (χ4v) is 12.3. The Bertz CT molecular complexity index is 3270. The van der Waals surface area contributed by atoms with E-state index in [0.29, 0.717) is 79.9 Å². The smallest absolute Gasteiger partial charge is 0.407 e. The minimum absolute atomic E-state index is 0.00859. The van der Waals surface area contributed by atoms with Crippen LogP contribution < -0.4 is 20.4 Å². The maximum atomic E-state index is 16.9. The maximum absolute atomic E-state index is 16.9. The average molecular weight is 1090 g/mol. The summed E-state index contributed by atoms with van der Waals surface area (Å²) in [7, 11) is 1.21. The SMILES string of the molecule is COC(=O)N[C@H](C(=O)N1CCC[C@H]1c1nc2cc(F)c([C@H]3CC[C@H](c4cc5[nH]c([C@@H]6CCCN6C(=O)[C@@H](NC(=O)O)C(C)C)nc5cc4F)N3c3cc(F)c(N4CCC(c5ccc(F)cc5F)CC4)c(F)c3)cc2[nH]1)C(C)C. The number of aromatic amines is 2.